The van der Waals surface area contributed by atoms with Crippen molar-refractivity contribution in [2.75, 3.05) is 33.9 Å². The van der Waals surface area contributed by atoms with Crippen molar-refractivity contribution in [1.29, 1.82) is 0 Å². The van der Waals surface area contributed by atoms with Gasteiger partial charge < -0.3 is 26.0 Å². The Labute approximate surface area is 181 Å². The van der Waals surface area contributed by atoms with E-state index >= 15 is 0 Å². The van der Waals surface area contributed by atoms with Crippen molar-refractivity contribution >= 4 is 34.7 Å². The molecule has 0 fully saturated rings. The molecular weight excluding hydrogens is 392 g/mol. The molecule has 1 aromatic heterocycles. The summed E-state index contributed by atoms with van der Waals surface area (Å²) in [5, 5.41) is 18.4. The largest absolute Gasteiger partial charge is 0.393 e. The van der Waals surface area contributed by atoms with E-state index in [2.05, 4.69) is 37.7 Å². The van der Waals surface area contributed by atoms with Gasteiger partial charge in [-0.25, -0.2) is 14.8 Å². The van der Waals surface area contributed by atoms with Crippen LogP contribution in [0.15, 0.2) is 54.7 Å². The van der Waals surface area contributed by atoms with Gasteiger partial charge in [-0.3, -0.25) is 0 Å². The highest BCUT2D eigenvalue weighted by Gasteiger charge is 2.20. The fourth-order valence-corrected chi connectivity index (χ4v) is 3.51. The molecule has 0 saturated carbocycles. The third kappa shape index (κ3) is 4.75. The minimum Gasteiger partial charge on any atom is -0.393 e. The first-order chi connectivity index (χ1) is 15.0. The average molecular weight is 419 g/mol. The summed E-state index contributed by atoms with van der Waals surface area (Å²) in [4.78, 5) is 23.3. The molecule has 31 heavy (non-hydrogen) atoms. The van der Waals surface area contributed by atoms with Crippen LogP contribution >= 0.6 is 0 Å². The van der Waals surface area contributed by atoms with Crippen LogP contribution in [-0.4, -0.2) is 40.3 Å². The number of benzene rings is 2. The van der Waals surface area contributed by atoms with Gasteiger partial charge in [0.25, 0.3) is 0 Å². The topological polar surface area (TPSA) is 102 Å². The Kier molecular flexibility index (Phi) is 5.99. The number of amides is 2. The molecule has 1 aliphatic rings. The van der Waals surface area contributed by atoms with Gasteiger partial charge in [0.1, 0.15) is 5.69 Å². The van der Waals surface area contributed by atoms with E-state index in [0.29, 0.717) is 23.0 Å². The summed E-state index contributed by atoms with van der Waals surface area (Å²) < 4.78 is 0. The number of carbonyl (C=O) groups excluding carboxylic acids is 1. The predicted octanol–water partition coefficient (Wildman–Crippen LogP) is 4.44. The molecular formula is C23H26N6O2. The smallest absolute Gasteiger partial charge is 0.323 e. The van der Waals surface area contributed by atoms with Crippen LogP contribution in [0.5, 0.6) is 0 Å². The summed E-state index contributed by atoms with van der Waals surface area (Å²) in [5.41, 5.74) is 4.69. The fraction of sp³-hybridized carbons (Fsp3) is 0.261. The number of aromatic nitrogens is 2. The highest BCUT2D eigenvalue weighted by molar-refractivity contribution is 6.07. The zero-order valence-corrected chi connectivity index (χ0v) is 17.6. The van der Waals surface area contributed by atoms with Crippen molar-refractivity contribution in [2.24, 2.45) is 0 Å². The van der Waals surface area contributed by atoms with Crippen LogP contribution in [0.4, 0.5) is 33.5 Å². The van der Waals surface area contributed by atoms with Crippen LogP contribution in [0, 0.1) is 0 Å². The number of aliphatic hydroxyl groups excluding tert-OH is 1. The van der Waals surface area contributed by atoms with Crippen molar-refractivity contribution < 1.29 is 9.90 Å². The van der Waals surface area contributed by atoms with Crippen molar-refractivity contribution in [2.45, 2.75) is 26.4 Å². The van der Waals surface area contributed by atoms with E-state index in [0.717, 1.165) is 36.4 Å². The van der Waals surface area contributed by atoms with Gasteiger partial charge >= 0.3 is 6.03 Å². The van der Waals surface area contributed by atoms with Crippen LogP contribution in [0.1, 0.15) is 20.3 Å². The number of nitrogens with zero attached hydrogens (tertiary/aromatic N) is 3. The Balaban J connectivity index is 1.55. The van der Waals surface area contributed by atoms with Gasteiger partial charge in [-0.15, -0.1) is 0 Å². The molecule has 160 valence electrons. The van der Waals surface area contributed by atoms with Crippen LogP contribution in [0.25, 0.3) is 11.3 Å². The van der Waals surface area contributed by atoms with Crippen molar-refractivity contribution in [3.63, 3.8) is 0 Å². The lowest BCUT2D eigenvalue weighted by molar-refractivity contribution is 0.186. The second kappa shape index (κ2) is 9.01. The van der Waals surface area contributed by atoms with E-state index in [1.54, 1.807) is 13.1 Å². The number of para-hydroxylation sites is 1. The van der Waals surface area contributed by atoms with Gasteiger partial charge in [0.15, 0.2) is 0 Å². The second-order valence-corrected chi connectivity index (χ2v) is 7.47. The molecule has 1 aliphatic heterocycles. The fourth-order valence-electron chi connectivity index (χ4n) is 3.51. The van der Waals surface area contributed by atoms with Crippen molar-refractivity contribution in [3.05, 3.63) is 54.7 Å². The van der Waals surface area contributed by atoms with Crippen molar-refractivity contribution in [3.8, 4) is 11.3 Å². The van der Waals surface area contributed by atoms with E-state index in [-0.39, 0.29) is 12.1 Å². The molecule has 8 heteroatoms. The summed E-state index contributed by atoms with van der Waals surface area (Å²) in [6.07, 6.45) is 2.02. The first-order valence-electron chi connectivity index (χ1n) is 10.4. The van der Waals surface area contributed by atoms with Crippen LogP contribution in [0.2, 0.25) is 0 Å². The molecule has 0 saturated heterocycles. The summed E-state index contributed by atoms with van der Waals surface area (Å²) >= 11 is 0. The molecule has 8 nitrogen and oxygen atoms in total. The number of hydrogen-bond donors (Lipinski definition) is 4. The second-order valence-electron chi connectivity index (χ2n) is 7.47. The van der Waals surface area contributed by atoms with E-state index < -0.39 is 0 Å². The Morgan fingerprint density at radius 3 is 2.58 bits per heavy atom. The molecule has 0 radical (unpaired) electrons. The third-order valence-corrected chi connectivity index (χ3v) is 5.15. The minimum atomic E-state index is -0.317. The van der Waals surface area contributed by atoms with E-state index in [9.17, 15) is 9.90 Å². The number of aliphatic hydroxyl groups is 1. The normalized spacial score (nSPS) is 13.2. The number of nitrogens with one attached hydrogen (secondary N) is 3. The van der Waals surface area contributed by atoms with Gasteiger partial charge in [0.05, 0.1) is 23.7 Å². The summed E-state index contributed by atoms with van der Waals surface area (Å²) in [7, 11) is 0. The molecule has 1 unspecified atom stereocenters. The number of hydrogen-bond acceptors (Lipinski definition) is 6. The third-order valence-electron chi connectivity index (χ3n) is 5.15. The molecule has 2 amide bonds. The molecule has 1 atom stereocenters. The lowest BCUT2D eigenvalue weighted by Crippen LogP contribution is -2.26. The molecule has 2 aromatic carbocycles. The monoisotopic (exact) mass is 418 g/mol. The van der Waals surface area contributed by atoms with Gasteiger partial charge in [-0.05, 0) is 50.6 Å². The Morgan fingerprint density at radius 2 is 1.84 bits per heavy atom. The van der Waals surface area contributed by atoms with E-state index in [1.807, 2.05) is 48.5 Å². The van der Waals surface area contributed by atoms with Crippen LogP contribution in [-0.2, 0) is 0 Å². The lowest BCUT2D eigenvalue weighted by Gasteiger charge is -2.24. The number of fused-ring (bicyclic) bond motifs is 3. The zero-order valence-electron chi connectivity index (χ0n) is 17.6. The predicted molar refractivity (Wildman–Crippen MR) is 124 cm³/mol. The van der Waals surface area contributed by atoms with Gasteiger partial charge in [-0.2, -0.15) is 0 Å². The SMILES string of the molecule is CCN(CCC(C)O)c1ccc(Nc2ncc3c(n2)-c2ccccc2NC(=O)N3)cc1. The first-order valence-corrected chi connectivity index (χ1v) is 10.4. The Hall–Kier alpha value is -3.65. The maximum atomic E-state index is 12.1. The number of rotatable bonds is 7. The van der Waals surface area contributed by atoms with Gasteiger partial charge in [0.2, 0.25) is 5.95 Å². The summed E-state index contributed by atoms with van der Waals surface area (Å²) in [6, 6.07) is 15.3. The quantitative estimate of drug-likeness (QED) is 0.452. The minimum absolute atomic E-state index is 0.314. The molecule has 0 aliphatic carbocycles. The molecule has 0 spiro atoms. The lowest BCUT2D eigenvalue weighted by atomic mass is 10.1. The van der Waals surface area contributed by atoms with E-state index in [4.69, 9.17) is 0 Å². The standard InChI is InChI=1S/C23H26N6O2/c1-3-29(13-12-15(2)30)17-10-8-16(9-11-17)25-22-24-14-20-21(28-22)18-6-4-5-7-19(18)26-23(31)27-20/h4-11,14-15,30H,3,12-13H2,1-2H3,(H,24,25,28)(H2,26,27,31). The maximum absolute atomic E-state index is 12.1. The highest BCUT2D eigenvalue weighted by Crippen LogP contribution is 2.35. The maximum Gasteiger partial charge on any atom is 0.323 e. The number of carbonyl (C=O) groups is 1. The summed E-state index contributed by atoms with van der Waals surface area (Å²) in [6.45, 7) is 5.57. The Morgan fingerprint density at radius 1 is 1.10 bits per heavy atom. The molecule has 0 bridgehead atoms. The number of anilines is 5. The first kappa shape index (κ1) is 20.6. The highest BCUT2D eigenvalue weighted by atomic mass is 16.3. The molecule has 4 rings (SSSR count). The van der Waals surface area contributed by atoms with Gasteiger partial charge in [0, 0.05) is 30.0 Å². The van der Waals surface area contributed by atoms with Gasteiger partial charge in [-0.1, -0.05) is 18.2 Å². The average Bonchev–Trinajstić information content (AvgIpc) is 2.90. The number of urea groups is 1. The zero-order chi connectivity index (χ0) is 21.8. The molecule has 2 heterocycles. The van der Waals surface area contributed by atoms with E-state index in [1.165, 1.54) is 0 Å². The molecule has 4 N–H and O–H groups in total. The van der Waals surface area contributed by atoms with Crippen LogP contribution in [0.3, 0.4) is 0 Å². The Bertz CT molecular complexity index is 1070. The van der Waals surface area contributed by atoms with Crippen LogP contribution < -0.4 is 20.9 Å². The molecule has 3 aromatic rings. The summed E-state index contributed by atoms with van der Waals surface area (Å²) in [5.74, 6) is 0.443. The van der Waals surface area contributed by atoms with Crippen molar-refractivity contribution in [1.82, 2.24) is 9.97 Å².